The van der Waals surface area contributed by atoms with Crippen molar-refractivity contribution in [3.05, 3.63) is 17.7 Å². The first kappa shape index (κ1) is 7.28. The van der Waals surface area contributed by atoms with Crippen LogP contribution in [0.4, 0.5) is 0 Å². The van der Waals surface area contributed by atoms with Crippen LogP contribution in [0.5, 0.6) is 17.2 Å². The van der Waals surface area contributed by atoms with Gasteiger partial charge in [0.05, 0.1) is 13.7 Å². The highest BCUT2D eigenvalue weighted by Crippen LogP contribution is 2.39. The average molecular weight is 166 g/mol. The van der Waals surface area contributed by atoms with Crippen molar-refractivity contribution in [2.45, 2.75) is 6.42 Å². The van der Waals surface area contributed by atoms with E-state index in [1.807, 2.05) is 0 Å². The van der Waals surface area contributed by atoms with Crippen LogP contribution in [0, 0.1) is 0 Å². The Labute approximate surface area is 70.5 Å². The van der Waals surface area contributed by atoms with Gasteiger partial charge in [-0.1, -0.05) is 0 Å². The molecule has 1 N–H and O–H groups in total. The third-order valence-corrected chi connectivity index (χ3v) is 2.01. The maximum atomic E-state index is 9.39. The van der Waals surface area contributed by atoms with Gasteiger partial charge in [-0.25, -0.2) is 0 Å². The molecule has 1 aromatic carbocycles. The van der Waals surface area contributed by atoms with E-state index in [0.29, 0.717) is 12.4 Å². The molecule has 0 fully saturated rings. The normalized spacial score (nSPS) is 13.8. The number of benzene rings is 1. The van der Waals surface area contributed by atoms with Crippen LogP contribution >= 0.6 is 0 Å². The highest BCUT2D eigenvalue weighted by atomic mass is 16.5. The quantitative estimate of drug-likeness (QED) is 0.684. The molecule has 0 saturated carbocycles. The second-order valence-corrected chi connectivity index (χ2v) is 2.69. The molecule has 2 rings (SSSR count). The molecule has 0 aromatic heterocycles. The Balaban J connectivity index is 2.57. The lowest BCUT2D eigenvalue weighted by molar-refractivity contribution is 0.355. The minimum atomic E-state index is 0.182. The molecule has 0 radical (unpaired) electrons. The van der Waals surface area contributed by atoms with Gasteiger partial charge in [-0.05, 0) is 12.1 Å². The third kappa shape index (κ3) is 0.897. The maximum Gasteiger partial charge on any atom is 0.167 e. The summed E-state index contributed by atoms with van der Waals surface area (Å²) in [6, 6.07) is 3.35. The fourth-order valence-corrected chi connectivity index (χ4v) is 1.46. The number of methoxy groups -OCH3 is 1. The van der Waals surface area contributed by atoms with Crippen molar-refractivity contribution in [1.82, 2.24) is 0 Å². The van der Waals surface area contributed by atoms with Gasteiger partial charge in [-0.15, -0.1) is 0 Å². The molecule has 3 heteroatoms. The van der Waals surface area contributed by atoms with Crippen LogP contribution in [0.2, 0.25) is 0 Å². The van der Waals surface area contributed by atoms with Crippen molar-refractivity contribution in [3.8, 4) is 17.2 Å². The molecule has 12 heavy (non-hydrogen) atoms. The largest absolute Gasteiger partial charge is 0.504 e. The second-order valence-electron chi connectivity index (χ2n) is 2.69. The topological polar surface area (TPSA) is 38.7 Å². The summed E-state index contributed by atoms with van der Waals surface area (Å²) in [4.78, 5) is 0. The minimum absolute atomic E-state index is 0.182. The van der Waals surface area contributed by atoms with Gasteiger partial charge in [0.25, 0.3) is 0 Å². The van der Waals surface area contributed by atoms with E-state index in [0.717, 1.165) is 17.7 Å². The van der Waals surface area contributed by atoms with Crippen LogP contribution in [0.1, 0.15) is 5.56 Å². The molecule has 1 aliphatic rings. The zero-order chi connectivity index (χ0) is 8.55. The van der Waals surface area contributed by atoms with Crippen molar-refractivity contribution in [1.29, 1.82) is 0 Å². The number of rotatable bonds is 1. The first-order chi connectivity index (χ1) is 5.83. The summed E-state index contributed by atoms with van der Waals surface area (Å²) >= 11 is 0. The summed E-state index contributed by atoms with van der Waals surface area (Å²) in [5, 5.41) is 9.39. The SMILES string of the molecule is COc1c(O)ccc2c1CCO2. The molecule has 1 aliphatic heterocycles. The number of phenolic OH excluding ortho intramolecular Hbond substituents is 1. The van der Waals surface area contributed by atoms with E-state index in [4.69, 9.17) is 9.47 Å². The van der Waals surface area contributed by atoms with E-state index in [2.05, 4.69) is 0 Å². The number of ether oxygens (including phenoxy) is 2. The Kier molecular flexibility index (Phi) is 1.57. The number of hydrogen-bond donors (Lipinski definition) is 1. The fourth-order valence-electron chi connectivity index (χ4n) is 1.46. The Morgan fingerprint density at radius 1 is 1.50 bits per heavy atom. The minimum Gasteiger partial charge on any atom is -0.504 e. The van der Waals surface area contributed by atoms with Gasteiger partial charge in [0.1, 0.15) is 5.75 Å². The first-order valence-electron chi connectivity index (χ1n) is 3.84. The highest BCUT2D eigenvalue weighted by Gasteiger charge is 2.19. The van der Waals surface area contributed by atoms with E-state index < -0.39 is 0 Å². The van der Waals surface area contributed by atoms with Gasteiger partial charge in [0.15, 0.2) is 11.5 Å². The molecule has 1 aromatic rings. The van der Waals surface area contributed by atoms with E-state index >= 15 is 0 Å². The van der Waals surface area contributed by atoms with Crippen molar-refractivity contribution in [3.63, 3.8) is 0 Å². The second kappa shape index (κ2) is 2.59. The van der Waals surface area contributed by atoms with Gasteiger partial charge in [0, 0.05) is 12.0 Å². The van der Waals surface area contributed by atoms with Crippen LogP contribution in [-0.4, -0.2) is 18.8 Å². The maximum absolute atomic E-state index is 9.39. The molecule has 1 heterocycles. The number of phenols is 1. The predicted molar refractivity (Wildman–Crippen MR) is 43.9 cm³/mol. The Morgan fingerprint density at radius 2 is 2.33 bits per heavy atom. The fraction of sp³-hybridized carbons (Fsp3) is 0.333. The summed E-state index contributed by atoms with van der Waals surface area (Å²) in [7, 11) is 1.55. The molecular formula is C9H10O3. The van der Waals surface area contributed by atoms with Crippen LogP contribution in [0.15, 0.2) is 12.1 Å². The van der Waals surface area contributed by atoms with Crippen LogP contribution in [0.3, 0.4) is 0 Å². The molecule has 0 bridgehead atoms. The lowest BCUT2D eigenvalue weighted by Crippen LogP contribution is -1.89. The summed E-state index contributed by atoms with van der Waals surface area (Å²) in [6.07, 6.45) is 0.812. The van der Waals surface area contributed by atoms with Crippen molar-refractivity contribution in [2.24, 2.45) is 0 Å². The lowest BCUT2D eigenvalue weighted by atomic mass is 10.1. The highest BCUT2D eigenvalue weighted by molar-refractivity contribution is 5.54. The zero-order valence-corrected chi connectivity index (χ0v) is 6.83. The van der Waals surface area contributed by atoms with E-state index in [1.165, 1.54) is 0 Å². The smallest absolute Gasteiger partial charge is 0.167 e. The summed E-state index contributed by atoms with van der Waals surface area (Å²) in [5.41, 5.74) is 0.970. The molecule has 3 nitrogen and oxygen atoms in total. The van der Waals surface area contributed by atoms with Crippen LogP contribution in [-0.2, 0) is 6.42 Å². The van der Waals surface area contributed by atoms with Gasteiger partial charge >= 0.3 is 0 Å². The van der Waals surface area contributed by atoms with Crippen molar-refractivity contribution >= 4 is 0 Å². The van der Waals surface area contributed by atoms with Gasteiger partial charge < -0.3 is 14.6 Å². The summed E-state index contributed by atoms with van der Waals surface area (Å²) < 4.78 is 10.4. The van der Waals surface area contributed by atoms with Crippen molar-refractivity contribution in [2.75, 3.05) is 13.7 Å². The number of hydrogen-bond acceptors (Lipinski definition) is 3. The standard InChI is InChI=1S/C9H10O3/c1-11-9-6-4-5-12-8(6)3-2-7(9)10/h2-3,10H,4-5H2,1H3. The Hall–Kier alpha value is -1.38. The Bertz CT molecular complexity index is 307. The van der Waals surface area contributed by atoms with Crippen LogP contribution < -0.4 is 9.47 Å². The van der Waals surface area contributed by atoms with Gasteiger partial charge in [-0.2, -0.15) is 0 Å². The van der Waals surface area contributed by atoms with Crippen molar-refractivity contribution < 1.29 is 14.6 Å². The van der Waals surface area contributed by atoms with E-state index in [1.54, 1.807) is 19.2 Å². The number of aromatic hydroxyl groups is 1. The summed E-state index contributed by atoms with van der Waals surface area (Å²) in [6.45, 7) is 0.676. The molecule has 0 atom stereocenters. The predicted octanol–water partition coefficient (Wildman–Crippen LogP) is 1.34. The molecule has 0 amide bonds. The van der Waals surface area contributed by atoms with Crippen LogP contribution in [0.25, 0.3) is 0 Å². The lowest BCUT2D eigenvalue weighted by Gasteiger charge is -2.06. The first-order valence-corrected chi connectivity index (χ1v) is 3.84. The zero-order valence-electron chi connectivity index (χ0n) is 6.83. The number of fused-ring (bicyclic) bond motifs is 1. The summed E-state index contributed by atoms with van der Waals surface area (Å²) in [5.74, 6) is 1.55. The average Bonchev–Trinajstić information content (AvgIpc) is 2.52. The van der Waals surface area contributed by atoms with E-state index in [9.17, 15) is 5.11 Å². The molecule has 0 spiro atoms. The molecule has 0 aliphatic carbocycles. The van der Waals surface area contributed by atoms with E-state index in [-0.39, 0.29) is 5.75 Å². The third-order valence-electron chi connectivity index (χ3n) is 2.01. The molecule has 0 saturated heterocycles. The van der Waals surface area contributed by atoms with Gasteiger partial charge in [-0.3, -0.25) is 0 Å². The Morgan fingerprint density at radius 3 is 3.08 bits per heavy atom. The molecule has 0 unspecified atom stereocenters. The van der Waals surface area contributed by atoms with Gasteiger partial charge in [0.2, 0.25) is 0 Å². The molecular weight excluding hydrogens is 156 g/mol. The monoisotopic (exact) mass is 166 g/mol. The molecule has 64 valence electrons.